The lowest BCUT2D eigenvalue weighted by Crippen LogP contribution is -2.28. The van der Waals surface area contributed by atoms with E-state index in [1.54, 1.807) is 29.4 Å². The van der Waals surface area contributed by atoms with Crippen LogP contribution < -0.4 is 10.6 Å². The van der Waals surface area contributed by atoms with E-state index in [0.717, 1.165) is 22.2 Å². The molecule has 7 nitrogen and oxygen atoms in total. The highest BCUT2D eigenvalue weighted by Gasteiger charge is 2.08. The Balaban J connectivity index is 1.51. The minimum atomic E-state index is -2.31. The average Bonchev–Trinajstić information content (AvgIpc) is 3.16. The molecule has 2 amide bonds. The van der Waals surface area contributed by atoms with Gasteiger partial charge in [0, 0.05) is 47.4 Å². The number of carbonyl (C=O) groups excluding carboxylic acids is 1. The standard InChI is InChI=1S/C22H21N5O2S/c1-30(2,29)20-5-3-4-19(13-20)27-15-17-6-7-18(12-21(17)26-27)25-22(28)24-14-16-8-10-23-11-9-16/h3-13,15H,1,14H2,2H3,(H2,24,25,28). The number of carbonyl (C=O) groups is 1. The fraction of sp³-hybridized carbons (Fsp3) is 0.0909. The molecule has 2 aromatic carbocycles. The molecule has 0 saturated carbocycles. The maximum absolute atomic E-state index is 12.2. The van der Waals surface area contributed by atoms with Crippen LogP contribution in [-0.2, 0) is 16.1 Å². The van der Waals surface area contributed by atoms with Crippen molar-refractivity contribution < 1.29 is 9.00 Å². The molecule has 2 aromatic heterocycles. The number of rotatable bonds is 5. The third-order valence-electron chi connectivity index (χ3n) is 4.55. The zero-order valence-electron chi connectivity index (χ0n) is 16.4. The van der Waals surface area contributed by atoms with Crippen molar-refractivity contribution in [2.45, 2.75) is 11.4 Å². The van der Waals surface area contributed by atoms with Crippen LogP contribution in [0, 0.1) is 0 Å². The largest absolute Gasteiger partial charge is 0.334 e. The second-order valence-corrected chi connectivity index (χ2v) is 9.49. The third kappa shape index (κ3) is 4.49. The quantitative estimate of drug-likeness (QED) is 0.485. The maximum atomic E-state index is 12.2. The molecule has 2 heterocycles. The molecule has 0 radical (unpaired) electrons. The molecule has 0 aliphatic carbocycles. The monoisotopic (exact) mass is 419 g/mol. The molecule has 4 aromatic rings. The summed E-state index contributed by atoms with van der Waals surface area (Å²) in [7, 11) is -2.31. The molecular weight excluding hydrogens is 398 g/mol. The predicted octanol–water partition coefficient (Wildman–Crippen LogP) is 3.45. The molecule has 2 N–H and O–H groups in total. The van der Waals surface area contributed by atoms with Crippen molar-refractivity contribution in [3.63, 3.8) is 0 Å². The number of hydrogen-bond donors (Lipinski definition) is 2. The minimum absolute atomic E-state index is 0.300. The van der Waals surface area contributed by atoms with Gasteiger partial charge in [0.25, 0.3) is 0 Å². The number of fused-ring (bicyclic) bond motifs is 1. The van der Waals surface area contributed by atoms with Crippen LogP contribution in [0.1, 0.15) is 5.56 Å². The van der Waals surface area contributed by atoms with Crippen LogP contribution in [0.4, 0.5) is 10.5 Å². The highest BCUT2D eigenvalue weighted by atomic mass is 32.2. The lowest BCUT2D eigenvalue weighted by atomic mass is 10.2. The molecule has 0 aliphatic rings. The Bertz CT molecular complexity index is 1310. The summed E-state index contributed by atoms with van der Waals surface area (Å²) in [6.45, 7) is 0.411. The van der Waals surface area contributed by atoms with Crippen LogP contribution in [0.25, 0.3) is 16.6 Å². The molecule has 30 heavy (non-hydrogen) atoms. The fourth-order valence-electron chi connectivity index (χ4n) is 2.98. The first kappa shape index (κ1) is 19.7. The predicted molar refractivity (Wildman–Crippen MR) is 121 cm³/mol. The van der Waals surface area contributed by atoms with Gasteiger partial charge in [0.1, 0.15) is 0 Å². The van der Waals surface area contributed by atoms with Crippen LogP contribution in [0.2, 0.25) is 0 Å². The average molecular weight is 420 g/mol. The first-order valence-electron chi connectivity index (χ1n) is 9.24. The van der Waals surface area contributed by atoms with Gasteiger partial charge in [-0.05, 0) is 69.5 Å². The van der Waals surface area contributed by atoms with Gasteiger partial charge in [-0.2, -0.15) is 5.10 Å². The fourth-order valence-corrected chi connectivity index (χ4v) is 3.72. The third-order valence-corrected chi connectivity index (χ3v) is 5.80. The number of aromatic nitrogens is 3. The summed E-state index contributed by atoms with van der Waals surface area (Å²) in [5.41, 5.74) is 3.14. The minimum Gasteiger partial charge on any atom is -0.334 e. The Hall–Kier alpha value is -3.65. The molecule has 0 aliphatic heterocycles. The number of hydrogen-bond acceptors (Lipinski definition) is 4. The lowest BCUT2D eigenvalue weighted by molar-refractivity contribution is 0.251. The van der Waals surface area contributed by atoms with Crippen molar-refractivity contribution in [2.24, 2.45) is 0 Å². The van der Waals surface area contributed by atoms with Crippen LogP contribution in [-0.4, -0.2) is 37.1 Å². The summed E-state index contributed by atoms with van der Waals surface area (Å²) in [5.74, 6) is 3.74. The first-order valence-corrected chi connectivity index (χ1v) is 11.4. The normalized spacial score (nSPS) is 13.0. The molecule has 0 bridgehead atoms. The second kappa shape index (κ2) is 8.00. The van der Waals surface area contributed by atoms with Crippen LogP contribution in [0.15, 0.2) is 78.1 Å². The van der Waals surface area contributed by atoms with E-state index in [1.165, 1.54) is 0 Å². The lowest BCUT2D eigenvalue weighted by Gasteiger charge is -2.07. The molecule has 1 atom stereocenters. The number of amides is 2. The van der Waals surface area contributed by atoms with Gasteiger partial charge >= 0.3 is 6.03 Å². The number of nitrogens with one attached hydrogen (secondary N) is 2. The Labute approximate surface area is 174 Å². The summed E-state index contributed by atoms with van der Waals surface area (Å²) in [4.78, 5) is 16.8. The van der Waals surface area contributed by atoms with E-state index < -0.39 is 9.52 Å². The highest BCUT2D eigenvalue weighted by molar-refractivity contribution is 7.99. The first-order chi connectivity index (χ1) is 14.4. The maximum Gasteiger partial charge on any atom is 0.319 e. The molecule has 4 rings (SSSR count). The number of pyridine rings is 1. The van der Waals surface area contributed by atoms with Crippen molar-refractivity contribution >= 4 is 38.0 Å². The molecule has 152 valence electrons. The molecule has 0 saturated heterocycles. The summed E-state index contributed by atoms with van der Waals surface area (Å²) in [6.07, 6.45) is 6.88. The molecular formula is C22H21N5O2S. The van der Waals surface area contributed by atoms with E-state index in [0.29, 0.717) is 17.1 Å². The number of benzene rings is 2. The van der Waals surface area contributed by atoms with Crippen LogP contribution in [0.5, 0.6) is 0 Å². The van der Waals surface area contributed by atoms with Gasteiger partial charge < -0.3 is 10.6 Å². The number of anilines is 1. The topological polar surface area (TPSA) is 88.9 Å². The van der Waals surface area contributed by atoms with Crippen molar-refractivity contribution in [3.8, 4) is 5.69 Å². The Morgan fingerprint density at radius 2 is 1.93 bits per heavy atom. The Kier molecular flexibility index (Phi) is 5.24. The van der Waals surface area contributed by atoms with E-state index >= 15 is 0 Å². The summed E-state index contributed by atoms with van der Waals surface area (Å²) >= 11 is 0. The second-order valence-electron chi connectivity index (χ2n) is 7.01. The van der Waals surface area contributed by atoms with Gasteiger partial charge in [0.2, 0.25) is 0 Å². The molecule has 0 spiro atoms. The summed E-state index contributed by atoms with van der Waals surface area (Å²) in [6, 6.07) is 16.3. The highest BCUT2D eigenvalue weighted by Crippen LogP contribution is 2.21. The number of urea groups is 1. The van der Waals surface area contributed by atoms with Gasteiger partial charge in [0.05, 0.1) is 11.2 Å². The van der Waals surface area contributed by atoms with Gasteiger partial charge in [-0.25, -0.2) is 9.48 Å². The zero-order valence-corrected chi connectivity index (χ0v) is 17.2. The van der Waals surface area contributed by atoms with Crippen molar-refractivity contribution in [3.05, 3.63) is 78.8 Å². The van der Waals surface area contributed by atoms with E-state index in [1.807, 2.05) is 54.7 Å². The molecule has 1 unspecified atom stereocenters. The van der Waals surface area contributed by atoms with Crippen LogP contribution in [0.3, 0.4) is 0 Å². The van der Waals surface area contributed by atoms with Crippen molar-refractivity contribution in [2.75, 3.05) is 11.6 Å². The van der Waals surface area contributed by atoms with Gasteiger partial charge in [-0.1, -0.05) is 6.07 Å². The smallest absolute Gasteiger partial charge is 0.319 e. The summed E-state index contributed by atoms with van der Waals surface area (Å²) < 4.78 is 14.0. The van der Waals surface area contributed by atoms with Gasteiger partial charge in [-0.15, -0.1) is 0 Å². The van der Waals surface area contributed by atoms with E-state index in [2.05, 4.69) is 26.6 Å². The van der Waals surface area contributed by atoms with Crippen molar-refractivity contribution in [1.29, 1.82) is 0 Å². The Morgan fingerprint density at radius 1 is 1.13 bits per heavy atom. The van der Waals surface area contributed by atoms with Crippen LogP contribution >= 0.6 is 0 Å². The van der Waals surface area contributed by atoms with Gasteiger partial charge in [0.15, 0.2) is 0 Å². The zero-order chi connectivity index (χ0) is 21.1. The van der Waals surface area contributed by atoms with Gasteiger partial charge in [-0.3, -0.25) is 9.19 Å². The number of nitrogens with zero attached hydrogens (tertiary/aromatic N) is 3. The van der Waals surface area contributed by atoms with Crippen molar-refractivity contribution in [1.82, 2.24) is 20.1 Å². The molecule has 0 fully saturated rings. The SMILES string of the molecule is C=S(C)(=O)c1cccc(-n2cc3ccc(NC(=O)NCc4ccncc4)cc3n2)c1. The van der Waals surface area contributed by atoms with E-state index in [-0.39, 0.29) is 6.03 Å². The summed E-state index contributed by atoms with van der Waals surface area (Å²) in [5, 5.41) is 11.1. The van der Waals surface area contributed by atoms with E-state index in [9.17, 15) is 9.00 Å². The molecule has 8 heteroatoms. The Morgan fingerprint density at radius 3 is 2.70 bits per heavy atom. The van der Waals surface area contributed by atoms with E-state index in [4.69, 9.17) is 0 Å².